The van der Waals surface area contributed by atoms with Crippen LogP contribution in [0.5, 0.6) is 5.75 Å². The summed E-state index contributed by atoms with van der Waals surface area (Å²) >= 11 is 0. The number of anilines is 2. The number of rotatable bonds is 3. The van der Waals surface area contributed by atoms with E-state index in [1.54, 1.807) is 18.2 Å². The fourth-order valence-corrected chi connectivity index (χ4v) is 3.36. The maximum atomic E-state index is 13.9. The summed E-state index contributed by atoms with van der Waals surface area (Å²) in [5, 5.41) is 9.02. The van der Waals surface area contributed by atoms with Crippen LogP contribution in [-0.2, 0) is 0 Å². The zero-order valence-electron chi connectivity index (χ0n) is 13.9. The highest BCUT2D eigenvalue weighted by atomic mass is 19.1. The maximum Gasteiger partial charge on any atom is 0.335 e. The molecule has 2 aliphatic heterocycles. The average Bonchev–Trinajstić information content (AvgIpc) is 3.27. The third-order valence-corrected chi connectivity index (χ3v) is 4.70. The lowest BCUT2D eigenvalue weighted by molar-refractivity contribution is 0.0585. The molecule has 8 heteroatoms. The Morgan fingerprint density at radius 3 is 2.65 bits per heavy atom. The van der Waals surface area contributed by atoms with E-state index in [0.717, 1.165) is 5.69 Å². The second-order valence-corrected chi connectivity index (χ2v) is 6.32. The number of fused-ring (bicyclic) bond motifs is 1. The molecule has 1 saturated heterocycles. The lowest BCUT2D eigenvalue weighted by atomic mass is 10.2. The van der Waals surface area contributed by atoms with Crippen LogP contribution in [0.4, 0.5) is 15.9 Å². The lowest BCUT2D eigenvalue weighted by Gasteiger charge is -2.28. The standard InChI is InChI=1S/C18H18FN3O4/c19-15-2-1-7-22(15)17(23)13-10-14-16(20-13)21(8-9-26-14)12-5-3-11(4-6-12)18(24)25/h3-6,10,15,20H,1-2,7-9H2,(H,24,25)/t15-/m0/s1. The van der Waals surface area contributed by atoms with Crippen LogP contribution in [0.2, 0.25) is 0 Å². The SMILES string of the molecule is O=C(O)c1ccc(N2CCOc3cc(C(=O)N4CCC[C@H]4F)[nH]c32)cc1. The molecule has 4 rings (SSSR count). The van der Waals surface area contributed by atoms with Gasteiger partial charge in [-0.25, -0.2) is 9.18 Å². The van der Waals surface area contributed by atoms with Crippen LogP contribution in [0, 0.1) is 0 Å². The van der Waals surface area contributed by atoms with Gasteiger partial charge in [0.25, 0.3) is 5.91 Å². The van der Waals surface area contributed by atoms with Gasteiger partial charge in [-0.05, 0) is 37.1 Å². The van der Waals surface area contributed by atoms with Gasteiger partial charge in [0, 0.05) is 18.3 Å². The molecule has 1 atom stereocenters. The number of hydrogen-bond donors (Lipinski definition) is 2. The quantitative estimate of drug-likeness (QED) is 0.823. The zero-order valence-corrected chi connectivity index (χ0v) is 13.9. The minimum Gasteiger partial charge on any atom is -0.488 e. The third-order valence-electron chi connectivity index (χ3n) is 4.70. The number of benzene rings is 1. The first-order valence-corrected chi connectivity index (χ1v) is 8.46. The van der Waals surface area contributed by atoms with E-state index in [1.807, 2.05) is 4.90 Å². The largest absolute Gasteiger partial charge is 0.488 e. The van der Waals surface area contributed by atoms with Gasteiger partial charge in [-0.1, -0.05) is 0 Å². The van der Waals surface area contributed by atoms with E-state index in [2.05, 4.69) is 4.98 Å². The molecule has 7 nitrogen and oxygen atoms in total. The lowest BCUT2D eigenvalue weighted by Crippen LogP contribution is -2.33. The molecule has 2 aliphatic rings. The number of aromatic carboxylic acids is 1. The fourth-order valence-electron chi connectivity index (χ4n) is 3.36. The number of carboxylic acids is 1. The molecule has 0 spiro atoms. The summed E-state index contributed by atoms with van der Waals surface area (Å²) in [6.45, 7) is 1.38. The molecule has 2 aromatic rings. The molecule has 2 N–H and O–H groups in total. The van der Waals surface area contributed by atoms with Gasteiger partial charge in [0.1, 0.15) is 12.3 Å². The molecule has 0 unspecified atom stereocenters. The Labute approximate surface area is 149 Å². The van der Waals surface area contributed by atoms with Gasteiger partial charge >= 0.3 is 5.97 Å². The topological polar surface area (TPSA) is 85.9 Å². The highest BCUT2D eigenvalue weighted by Gasteiger charge is 2.32. The third kappa shape index (κ3) is 2.77. The number of carbonyl (C=O) groups is 2. The predicted molar refractivity (Wildman–Crippen MR) is 91.9 cm³/mol. The van der Waals surface area contributed by atoms with Gasteiger partial charge in [-0.2, -0.15) is 0 Å². The van der Waals surface area contributed by atoms with Crippen LogP contribution in [0.1, 0.15) is 33.7 Å². The van der Waals surface area contributed by atoms with Crippen LogP contribution < -0.4 is 9.64 Å². The van der Waals surface area contributed by atoms with Crippen molar-refractivity contribution in [3.63, 3.8) is 0 Å². The second-order valence-electron chi connectivity index (χ2n) is 6.32. The van der Waals surface area contributed by atoms with Crippen LogP contribution in [0.25, 0.3) is 0 Å². The monoisotopic (exact) mass is 359 g/mol. The molecular weight excluding hydrogens is 341 g/mol. The van der Waals surface area contributed by atoms with Crippen LogP contribution in [0.15, 0.2) is 30.3 Å². The Hall–Kier alpha value is -3.03. The number of likely N-dealkylation sites (tertiary alicyclic amines) is 1. The Kier molecular flexibility index (Phi) is 4.02. The van der Waals surface area contributed by atoms with Crippen LogP contribution >= 0.6 is 0 Å². The summed E-state index contributed by atoms with van der Waals surface area (Å²) in [4.78, 5) is 29.7. The summed E-state index contributed by atoms with van der Waals surface area (Å²) in [6.07, 6.45) is -0.222. The molecule has 136 valence electrons. The molecule has 1 fully saturated rings. The number of carboxylic acid groups (broad SMARTS) is 1. The van der Waals surface area contributed by atoms with Gasteiger partial charge in [0.2, 0.25) is 0 Å². The molecule has 0 bridgehead atoms. The van der Waals surface area contributed by atoms with Gasteiger partial charge in [-0.3, -0.25) is 4.79 Å². The van der Waals surface area contributed by atoms with E-state index < -0.39 is 12.3 Å². The van der Waals surface area contributed by atoms with E-state index in [0.29, 0.717) is 44.1 Å². The number of nitrogens with zero attached hydrogens (tertiary/aromatic N) is 2. The number of H-pyrrole nitrogens is 1. The van der Waals surface area contributed by atoms with Crippen molar-refractivity contribution in [2.45, 2.75) is 19.1 Å². The summed E-state index contributed by atoms with van der Waals surface area (Å²) in [5.41, 5.74) is 1.27. The molecular formula is C18H18FN3O4. The number of halogens is 1. The Bertz CT molecular complexity index is 849. The van der Waals surface area contributed by atoms with E-state index in [-0.39, 0.29) is 17.2 Å². The Balaban J connectivity index is 1.63. The number of alkyl halides is 1. The van der Waals surface area contributed by atoms with Crippen molar-refractivity contribution >= 4 is 23.4 Å². The van der Waals surface area contributed by atoms with Crippen LogP contribution in [0.3, 0.4) is 0 Å². The first-order valence-electron chi connectivity index (χ1n) is 8.46. The van der Waals surface area contributed by atoms with Crippen molar-refractivity contribution < 1.29 is 23.8 Å². The van der Waals surface area contributed by atoms with Gasteiger partial charge in [0.05, 0.1) is 12.1 Å². The minimum atomic E-state index is -1.25. The van der Waals surface area contributed by atoms with Crippen molar-refractivity contribution in [1.29, 1.82) is 0 Å². The molecule has 26 heavy (non-hydrogen) atoms. The molecule has 0 aliphatic carbocycles. The van der Waals surface area contributed by atoms with Gasteiger partial charge in [-0.15, -0.1) is 0 Å². The summed E-state index contributed by atoms with van der Waals surface area (Å²) in [6, 6.07) is 8.07. The highest BCUT2D eigenvalue weighted by Crippen LogP contribution is 2.37. The van der Waals surface area contributed by atoms with E-state index in [9.17, 15) is 14.0 Å². The Morgan fingerprint density at radius 2 is 2.00 bits per heavy atom. The number of nitrogens with one attached hydrogen (secondary N) is 1. The number of ether oxygens (including phenoxy) is 1. The first-order chi connectivity index (χ1) is 12.5. The summed E-state index contributed by atoms with van der Waals surface area (Å²) in [7, 11) is 0. The number of aromatic amines is 1. The van der Waals surface area contributed by atoms with Crippen molar-refractivity contribution in [1.82, 2.24) is 9.88 Å². The first kappa shape index (κ1) is 16.4. The molecule has 0 radical (unpaired) electrons. The number of hydrogen-bond acceptors (Lipinski definition) is 4. The molecule has 0 saturated carbocycles. The number of carbonyl (C=O) groups excluding carboxylic acids is 1. The van der Waals surface area contributed by atoms with E-state index in [4.69, 9.17) is 9.84 Å². The van der Waals surface area contributed by atoms with Gasteiger partial charge < -0.3 is 24.6 Å². The minimum absolute atomic E-state index is 0.201. The molecule has 1 aromatic heterocycles. The zero-order chi connectivity index (χ0) is 18.3. The number of amides is 1. The van der Waals surface area contributed by atoms with E-state index in [1.165, 1.54) is 17.0 Å². The molecule has 1 amide bonds. The summed E-state index contributed by atoms with van der Waals surface area (Å²) < 4.78 is 19.5. The fraction of sp³-hybridized carbons (Fsp3) is 0.333. The predicted octanol–water partition coefficient (Wildman–Crippen LogP) is 2.78. The van der Waals surface area contributed by atoms with Crippen molar-refractivity contribution in [2.75, 3.05) is 24.6 Å². The maximum absolute atomic E-state index is 13.9. The normalized spacial score (nSPS) is 19.2. The van der Waals surface area contributed by atoms with Crippen molar-refractivity contribution in [3.8, 4) is 5.75 Å². The average molecular weight is 359 g/mol. The second kappa shape index (κ2) is 6.36. The van der Waals surface area contributed by atoms with Gasteiger partial charge in [0.15, 0.2) is 17.9 Å². The smallest absolute Gasteiger partial charge is 0.335 e. The van der Waals surface area contributed by atoms with Crippen LogP contribution in [-0.4, -0.2) is 52.9 Å². The highest BCUT2D eigenvalue weighted by molar-refractivity contribution is 5.95. The number of aromatic nitrogens is 1. The van der Waals surface area contributed by atoms with Crippen molar-refractivity contribution in [2.24, 2.45) is 0 Å². The summed E-state index contributed by atoms with van der Waals surface area (Å²) in [5.74, 6) is -0.235. The molecule has 1 aromatic carbocycles. The van der Waals surface area contributed by atoms with E-state index >= 15 is 0 Å². The Morgan fingerprint density at radius 1 is 1.23 bits per heavy atom. The van der Waals surface area contributed by atoms with Crippen molar-refractivity contribution in [3.05, 3.63) is 41.6 Å². The molecule has 3 heterocycles.